The maximum atomic E-state index is 12.0. The second kappa shape index (κ2) is 50.8. The lowest BCUT2D eigenvalue weighted by atomic mass is 10.0. The van der Waals surface area contributed by atoms with E-state index in [4.69, 9.17) is 9.47 Å². The van der Waals surface area contributed by atoms with E-state index in [0.29, 0.717) is 12.6 Å². The van der Waals surface area contributed by atoms with Gasteiger partial charge in [-0.25, -0.2) is 0 Å². The Bertz CT molecular complexity index is 1210. The Balaban J connectivity index is -0.0000130. The monoisotopic (exact) mass is 914 g/mol. The predicted octanol–water partition coefficient (Wildman–Crippen LogP) is 17.5. The van der Waals surface area contributed by atoms with Crippen LogP contribution in [-0.4, -0.2) is 60.8 Å². The molecule has 7 heteroatoms. The third kappa shape index (κ3) is 43.7. The molecule has 0 aliphatic heterocycles. The Kier molecular flexibility index (Phi) is 50.4. The Morgan fingerprint density at radius 2 is 0.877 bits per heavy atom. The number of nitrogens with zero attached hydrogens (tertiary/aromatic N) is 2. The van der Waals surface area contributed by atoms with Gasteiger partial charge in [0, 0.05) is 34.7 Å². The number of unbranched alkanes of at least 4 members (excludes halogenated alkanes) is 23. The first-order valence-electron chi connectivity index (χ1n) is 27.9. The molecule has 65 heavy (non-hydrogen) atoms. The van der Waals surface area contributed by atoms with Gasteiger partial charge in [0.05, 0.1) is 12.2 Å². The number of hydrogen-bond acceptors (Lipinski definition) is 6. The number of carbonyl (C=O) groups excluding carboxylic acids is 2. The Hall–Kier alpha value is -2.59. The van der Waals surface area contributed by atoms with Crippen molar-refractivity contribution in [3.05, 3.63) is 36.1 Å². The minimum atomic E-state index is -0.260. The smallest absolute Gasteiger partial charge is 0.222 e. The molecule has 0 saturated carbocycles. The normalized spacial score (nSPS) is 11.8. The maximum Gasteiger partial charge on any atom is 0.222 e. The van der Waals surface area contributed by atoms with Crippen molar-refractivity contribution in [1.29, 1.82) is 0 Å². The van der Waals surface area contributed by atoms with Crippen molar-refractivity contribution in [3.8, 4) is 0 Å². The fraction of sp³-hybridized carbons (Fsp3) is 0.845. The minimum Gasteiger partial charge on any atom is -0.487 e. The van der Waals surface area contributed by atoms with Crippen molar-refractivity contribution < 1.29 is 20.5 Å². The topological polar surface area (TPSA) is 80.2 Å². The van der Waals surface area contributed by atoms with Crippen molar-refractivity contribution in [3.63, 3.8) is 0 Å². The van der Waals surface area contributed by atoms with Gasteiger partial charge in [-0.05, 0) is 96.7 Å². The summed E-state index contributed by atoms with van der Waals surface area (Å²) in [7, 11) is 0. The largest absolute Gasteiger partial charge is 0.487 e. The maximum absolute atomic E-state index is 12.0. The molecule has 0 aromatic carbocycles. The number of ketones is 1. The van der Waals surface area contributed by atoms with Gasteiger partial charge in [-0.3, -0.25) is 14.6 Å². The highest BCUT2D eigenvalue weighted by Gasteiger charge is 2.14. The van der Waals surface area contributed by atoms with E-state index < -0.39 is 0 Å². The summed E-state index contributed by atoms with van der Waals surface area (Å²) in [6.45, 7) is 27.5. The lowest BCUT2D eigenvalue weighted by Crippen LogP contribution is -2.34. The summed E-state index contributed by atoms with van der Waals surface area (Å²) in [6.07, 6.45) is 43.5. The number of hydrogen-bond donors (Lipinski definition) is 1. The van der Waals surface area contributed by atoms with Crippen LogP contribution >= 0.6 is 0 Å². The molecule has 0 aromatic heterocycles. The van der Waals surface area contributed by atoms with Crippen LogP contribution in [0.5, 0.6) is 0 Å². The van der Waals surface area contributed by atoms with E-state index in [1.807, 2.05) is 13.8 Å². The van der Waals surface area contributed by atoms with Crippen LogP contribution in [0.25, 0.3) is 0 Å². The highest BCUT2D eigenvalue weighted by Crippen LogP contribution is 2.22. The van der Waals surface area contributed by atoms with Gasteiger partial charge in [-0.15, -0.1) is 0 Å². The molecular weight excluding hydrogens is 803 g/mol. The summed E-state index contributed by atoms with van der Waals surface area (Å²) in [6, 6.07) is 0. The lowest BCUT2D eigenvalue weighted by molar-refractivity contribution is -0.118. The van der Waals surface area contributed by atoms with Gasteiger partial charge < -0.3 is 19.7 Å². The van der Waals surface area contributed by atoms with E-state index in [1.165, 1.54) is 181 Å². The molecule has 0 bridgehead atoms. The molecule has 1 unspecified atom stereocenters. The second-order valence-corrected chi connectivity index (χ2v) is 18.5. The van der Waals surface area contributed by atoms with Crippen LogP contribution in [0, 0.1) is 0 Å². The standard InChI is InChI=1S/C56H103N3O4.C2H6.H2/c1-9-15-18-21-26-33-41-52(12-4)62-53(13-5)42-34-29-24-31-38-47-59(49-40-46-57-56(50(7)60)58-51(8)61)48-39-32-25-30-35-43-54(14-6)63-55(44-36-27-22-19-16-10-2)45-37-28-23-20-17-11-3;1-2;/h52,55H,5-6,9-12,15-49H2,1-4,7-8H3,(H,57,58,61);1-2H3;1H. The van der Waals surface area contributed by atoms with Gasteiger partial charge in [0.2, 0.25) is 5.91 Å². The van der Waals surface area contributed by atoms with E-state index in [1.54, 1.807) is 0 Å². The average Bonchev–Trinajstić information content (AvgIpc) is 3.30. The van der Waals surface area contributed by atoms with Crippen LogP contribution in [0.4, 0.5) is 0 Å². The van der Waals surface area contributed by atoms with Crippen molar-refractivity contribution in [1.82, 2.24) is 10.2 Å². The third-order valence-corrected chi connectivity index (χ3v) is 12.4. The Morgan fingerprint density at radius 3 is 1.26 bits per heavy atom. The van der Waals surface area contributed by atoms with E-state index >= 15 is 0 Å². The number of nitrogens with one attached hydrogen (secondary N) is 1. The quantitative estimate of drug-likeness (QED) is 0.0216. The van der Waals surface area contributed by atoms with Crippen molar-refractivity contribution in [2.45, 2.75) is 292 Å². The molecule has 382 valence electrons. The van der Waals surface area contributed by atoms with Gasteiger partial charge in [0.25, 0.3) is 0 Å². The van der Waals surface area contributed by atoms with Crippen LogP contribution in [0.3, 0.4) is 0 Å². The van der Waals surface area contributed by atoms with Crippen LogP contribution in [0.15, 0.2) is 41.1 Å². The van der Waals surface area contributed by atoms with E-state index in [0.717, 1.165) is 88.9 Å². The average molecular weight is 915 g/mol. The molecule has 1 amide bonds. The highest BCUT2D eigenvalue weighted by atomic mass is 16.5. The van der Waals surface area contributed by atoms with Crippen LogP contribution in [-0.2, 0) is 19.1 Å². The molecule has 0 saturated heterocycles. The summed E-state index contributed by atoms with van der Waals surface area (Å²) >= 11 is 0. The summed E-state index contributed by atoms with van der Waals surface area (Å²) in [5.41, 5.74) is 6.27. The fourth-order valence-electron chi connectivity index (χ4n) is 8.37. The van der Waals surface area contributed by atoms with Crippen molar-refractivity contribution in [2.24, 2.45) is 4.99 Å². The number of amidine groups is 1. The summed E-state index contributed by atoms with van der Waals surface area (Å²) in [5.74, 6) is 1.63. The summed E-state index contributed by atoms with van der Waals surface area (Å²) < 4.78 is 13.0. The Morgan fingerprint density at radius 1 is 0.523 bits per heavy atom. The van der Waals surface area contributed by atoms with Gasteiger partial charge in [0.1, 0.15) is 11.5 Å². The predicted molar refractivity (Wildman–Crippen MR) is 286 cm³/mol. The Labute approximate surface area is 406 Å². The van der Waals surface area contributed by atoms with Crippen molar-refractivity contribution >= 4 is 17.5 Å². The zero-order valence-electron chi connectivity index (χ0n) is 44.7. The number of amides is 1. The summed E-state index contributed by atoms with van der Waals surface area (Å²) in [5, 5.41) is 2.59. The third-order valence-electron chi connectivity index (χ3n) is 12.4. The first-order chi connectivity index (χ1) is 31.7. The SMILES string of the molecule is C=C=C(CCCCCCCN(CCCCCCCC(=C=C)OC(CCCCCCCC)CCCCCCCC)CCCN=C(NC(C)=O)C(C)=O)OC(CC)CCCCCCCC.CC.[HH]. The van der Waals surface area contributed by atoms with E-state index in [9.17, 15) is 9.59 Å². The number of carbonyl (C=O) groups is 2. The molecule has 0 fully saturated rings. The molecular formula is C58H111N3O4. The molecule has 0 spiro atoms. The van der Waals surface area contributed by atoms with Crippen LogP contribution in [0.2, 0.25) is 0 Å². The lowest BCUT2D eigenvalue weighted by Gasteiger charge is -2.22. The summed E-state index contributed by atoms with van der Waals surface area (Å²) in [4.78, 5) is 30.5. The van der Waals surface area contributed by atoms with Crippen LogP contribution < -0.4 is 5.32 Å². The zero-order valence-corrected chi connectivity index (χ0v) is 44.7. The van der Waals surface area contributed by atoms with Gasteiger partial charge in [-0.1, -0.05) is 201 Å². The second-order valence-electron chi connectivity index (χ2n) is 18.5. The van der Waals surface area contributed by atoms with E-state index in [-0.39, 0.29) is 25.1 Å². The molecule has 0 aliphatic carbocycles. The minimum absolute atomic E-state index is 0. The van der Waals surface area contributed by atoms with Crippen molar-refractivity contribution in [2.75, 3.05) is 26.2 Å². The molecule has 0 radical (unpaired) electrons. The van der Waals surface area contributed by atoms with Crippen LogP contribution in [0.1, 0.15) is 282 Å². The molecule has 1 atom stereocenters. The number of Topliss-reactive ketones (excluding diaryl/α,β-unsaturated/α-hetero) is 1. The number of ether oxygens (including phenoxy) is 2. The first-order valence-corrected chi connectivity index (χ1v) is 27.9. The number of aliphatic imine (C=N–C) groups is 1. The molecule has 0 heterocycles. The first kappa shape index (κ1) is 64.5. The molecule has 0 aliphatic rings. The molecule has 7 nitrogen and oxygen atoms in total. The molecule has 0 aromatic rings. The zero-order chi connectivity index (χ0) is 48.4. The van der Waals surface area contributed by atoms with Gasteiger partial charge in [0.15, 0.2) is 11.6 Å². The molecule has 0 rings (SSSR count). The number of allylic oxidation sites excluding steroid dienone is 2. The molecule has 1 N–H and O–H groups in total. The fourth-order valence-corrected chi connectivity index (χ4v) is 8.37. The van der Waals surface area contributed by atoms with E-state index in [2.05, 4.69) is 67.5 Å². The van der Waals surface area contributed by atoms with Gasteiger partial charge >= 0.3 is 0 Å². The highest BCUT2D eigenvalue weighted by molar-refractivity contribution is 6.40. The van der Waals surface area contributed by atoms with Gasteiger partial charge in [-0.2, -0.15) is 0 Å². The number of rotatable bonds is 47.